The number of amides is 1. The van der Waals surface area contributed by atoms with Crippen LogP contribution in [0.15, 0.2) is 30.3 Å². The monoisotopic (exact) mass is 446 g/mol. The number of nitrogens with one attached hydrogen (secondary N) is 1. The Labute approximate surface area is 217 Å². The molecule has 1 amide bonds. The van der Waals surface area contributed by atoms with Crippen molar-refractivity contribution in [3.8, 4) is 0 Å². The van der Waals surface area contributed by atoms with Crippen molar-refractivity contribution in [1.82, 2.24) is 5.32 Å². The third kappa shape index (κ3) is 5.28. The molecule has 1 aromatic carbocycles. The minimum Gasteiger partial charge on any atom is -0.432 e. The molecule has 4 fully saturated rings. The van der Waals surface area contributed by atoms with E-state index in [4.69, 9.17) is 10.4 Å². The van der Waals surface area contributed by atoms with Crippen molar-refractivity contribution in [3.63, 3.8) is 0 Å². The molecule has 1 aromatic rings. The van der Waals surface area contributed by atoms with Crippen molar-refractivity contribution in [2.24, 2.45) is 28.4 Å². The number of carbonyl (C=O) groups excluding carboxylic acids is 1. The topological polar surface area (TPSA) is 64.3 Å². The molecule has 1 saturated heterocycles. The maximum Gasteiger partial charge on any atom is 1.00 e. The Morgan fingerprint density at radius 2 is 2.00 bits per heavy atom. The third-order valence-corrected chi connectivity index (χ3v) is 8.87. The molecule has 5 atom stereocenters. The summed E-state index contributed by atoms with van der Waals surface area (Å²) in [5, 5.41) is 3.18. The summed E-state index contributed by atoms with van der Waals surface area (Å²) in [4.78, 5) is 12.4. The van der Waals surface area contributed by atoms with E-state index < -0.39 is 0 Å². The summed E-state index contributed by atoms with van der Waals surface area (Å²) >= 11 is 0. The Balaban J connectivity index is 0.00000289. The Morgan fingerprint density at radius 3 is 2.69 bits per heavy atom. The van der Waals surface area contributed by atoms with E-state index in [1.165, 1.54) is 18.4 Å². The number of benzene rings is 1. The van der Waals surface area contributed by atoms with E-state index in [1.807, 2.05) is 0 Å². The summed E-state index contributed by atoms with van der Waals surface area (Å²) in [7, 11) is 0. The van der Waals surface area contributed by atoms with Gasteiger partial charge in [0.15, 0.2) is 0 Å². The number of carbonyl (C=O) groups is 1. The van der Waals surface area contributed by atoms with Gasteiger partial charge >= 0.3 is 29.6 Å². The molecule has 4 nitrogen and oxygen atoms in total. The maximum absolute atomic E-state index is 12.4. The van der Waals surface area contributed by atoms with Crippen molar-refractivity contribution in [2.75, 3.05) is 13.1 Å². The summed E-state index contributed by atoms with van der Waals surface area (Å²) < 4.78 is 6.77. The van der Waals surface area contributed by atoms with Crippen LogP contribution >= 0.6 is 0 Å². The Morgan fingerprint density at radius 1 is 1.25 bits per heavy atom. The normalized spacial score (nSPS) is 30.5. The van der Waals surface area contributed by atoms with Gasteiger partial charge < -0.3 is 26.9 Å². The molecule has 1 aliphatic heterocycles. The van der Waals surface area contributed by atoms with E-state index in [-0.39, 0.29) is 47.8 Å². The summed E-state index contributed by atoms with van der Waals surface area (Å²) in [6, 6.07) is 10.6. The second-order valence-electron chi connectivity index (χ2n) is 11.1. The number of rotatable bonds is 10. The third-order valence-electron chi connectivity index (χ3n) is 8.87. The number of hydrogen-bond donors (Lipinski definition) is 2. The van der Waals surface area contributed by atoms with Gasteiger partial charge in [0.2, 0.25) is 0 Å². The van der Waals surface area contributed by atoms with E-state index in [9.17, 15) is 4.79 Å². The maximum atomic E-state index is 12.4. The van der Waals surface area contributed by atoms with Crippen LogP contribution in [0.25, 0.3) is 0 Å². The first-order valence-corrected chi connectivity index (χ1v) is 12.3. The fraction of sp³-hybridized carbons (Fsp3) is 0.692. The average Bonchev–Trinajstić information content (AvgIpc) is 3.11. The molecule has 0 spiro atoms. The smallest absolute Gasteiger partial charge is 0.432 e. The van der Waals surface area contributed by atoms with Gasteiger partial charge in [0.1, 0.15) is 0 Å². The van der Waals surface area contributed by atoms with Crippen LogP contribution < -0.4 is 40.6 Å². The molecule has 0 aromatic heterocycles. The minimum atomic E-state index is 0. The molecule has 32 heavy (non-hydrogen) atoms. The molecule has 0 radical (unpaired) electrons. The molecule has 1 heterocycles. The summed E-state index contributed by atoms with van der Waals surface area (Å²) in [5.41, 5.74) is 7.59. The van der Waals surface area contributed by atoms with Gasteiger partial charge in [-0.05, 0) is 72.6 Å². The van der Waals surface area contributed by atoms with Crippen molar-refractivity contribution in [3.05, 3.63) is 42.3 Å². The molecule has 3 aliphatic carbocycles. The van der Waals surface area contributed by atoms with Crippen LogP contribution in [0.2, 0.25) is 12.1 Å². The van der Waals surface area contributed by atoms with Crippen LogP contribution in [-0.2, 0) is 15.9 Å². The molecule has 2 bridgehead atoms. The molecule has 4 aliphatic rings. The van der Waals surface area contributed by atoms with Gasteiger partial charge in [0.05, 0.1) is 5.91 Å². The molecular formula is C26H40BN2NaO2. The quantitative estimate of drug-likeness (QED) is 0.326. The van der Waals surface area contributed by atoms with Gasteiger partial charge in [-0.25, -0.2) is 0 Å². The zero-order valence-electron chi connectivity index (χ0n) is 20.6. The molecule has 4 unspecified atom stereocenters. The molecule has 3 N–H and O–H groups in total. The summed E-state index contributed by atoms with van der Waals surface area (Å²) in [6.45, 7) is 8.97. The van der Waals surface area contributed by atoms with Gasteiger partial charge in [-0.3, -0.25) is 0 Å². The number of unbranched alkanes of at least 4 members (excludes halogenated alkanes) is 2. The van der Waals surface area contributed by atoms with Crippen molar-refractivity contribution in [2.45, 2.75) is 77.5 Å². The van der Waals surface area contributed by atoms with Gasteiger partial charge in [-0.1, -0.05) is 57.5 Å². The predicted octanol–water partition coefficient (Wildman–Crippen LogP) is 1.52. The van der Waals surface area contributed by atoms with E-state index >= 15 is 0 Å². The fourth-order valence-corrected chi connectivity index (χ4v) is 6.82. The molecule has 170 valence electrons. The number of hydrogen-bond acceptors (Lipinski definition) is 3. The van der Waals surface area contributed by atoms with E-state index in [0.29, 0.717) is 30.4 Å². The number of nitrogens with two attached hydrogens (primary N) is 1. The molecular weight excluding hydrogens is 406 g/mol. The summed E-state index contributed by atoms with van der Waals surface area (Å²) in [5.74, 6) is 1.91. The van der Waals surface area contributed by atoms with Crippen LogP contribution in [-0.4, -0.2) is 32.0 Å². The zero-order chi connectivity index (χ0) is 22.1. The van der Waals surface area contributed by atoms with E-state index in [0.717, 1.165) is 43.8 Å². The Kier molecular flexibility index (Phi) is 8.88. The van der Waals surface area contributed by atoms with Crippen molar-refractivity contribution >= 4 is 12.8 Å². The van der Waals surface area contributed by atoms with Crippen LogP contribution in [0.4, 0.5) is 0 Å². The molecule has 3 saturated carbocycles. The predicted molar refractivity (Wildman–Crippen MR) is 128 cm³/mol. The van der Waals surface area contributed by atoms with Crippen molar-refractivity contribution < 1.29 is 39.0 Å². The SMILES string of the molecule is CC1(C)C2CC3OB(C(CNC(=O)[CH-]CCCCN)Cc4ccccc4)C[C@]3(C)C1C2.[Na+]. The molecule has 6 heteroatoms. The van der Waals surface area contributed by atoms with Gasteiger partial charge in [-0.2, -0.15) is 6.42 Å². The van der Waals surface area contributed by atoms with Crippen LogP contribution in [0.5, 0.6) is 0 Å². The largest absolute Gasteiger partial charge is 1.00 e. The first-order valence-electron chi connectivity index (χ1n) is 12.3. The fourth-order valence-electron chi connectivity index (χ4n) is 6.82. The van der Waals surface area contributed by atoms with Crippen LogP contribution in [0, 0.1) is 29.1 Å². The van der Waals surface area contributed by atoms with E-state index in [2.05, 4.69) is 56.4 Å². The average molecular weight is 446 g/mol. The zero-order valence-corrected chi connectivity index (χ0v) is 22.6. The first kappa shape index (κ1) is 26.2. The summed E-state index contributed by atoms with van der Waals surface area (Å²) in [6.07, 6.45) is 9.53. The standard InChI is InChI=1S/C26H40BN2O2.Na/c1-25(2)20-15-22(25)26(3)18-27(31-23(26)16-20)21(14-19-10-6-4-7-11-19)17-29-24(30)12-8-5-9-13-28;/h4,6-7,10-12,20-23H,5,8-9,13-18,28H2,1-3H3,(H,29,30);/q-1;+1/t20?,21?,22?,23?,26-;/m1./s1. The van der Waals surface area contributed by atoms with Gasteiger partial charge in [0.25, 0.3) is 6.92 Å². The van der Waals surface area contributed by atoms with E-state index in [1.54, 1.807) is 6.42 Å². The first-order chi connectivity index (χ1) is 14.8. The second-order valence-corrected chi connectivity index (χ2v) is 11.1. The molecule has 5 rings (SSSR count). The van der Waals surface area contributed by atoms with Crippen LogP contribution in [0.1, 0.15) is 58.4 Å². The van der Waals surface area contributed by atoms with Gasteiger partial charge in [0, 0.05) is 12.6 Å². The van der Waals surface area contributed by atoms with Crippen LogP contribution in [0.3, 0.4) is 0 Å². The Hall–Kier alpha value is -0.455. The minimum absolute atomic E-state index is 0. The van der Waals surface area contributed by atoms with Crippen molar-refractivity contribution in [1.29, 1.82) is 0 Å². The van der Waals surface area contributed by atoms with Gasteiger partial charge in [-0.15, -0.1) is 0 Å². The second kappa shape index (κ2) is 10.9. The Bertz CT molecular complexity index is 761.